The topological polar surface area (TPSA) is 84.4 Å². The second kappa shape index (κ2) is 9.45. The molecule has 1 unspecified atom stereocenters. The number of benzene rings is 2. The van der Waals surface area contributed by atoms with E-state index in [0.717, 1.165) is 12.1 Å². The van der Waals surface area contributed by atoms with E-state index >= 15 is 0 Å². The number of aryl methyl sites for hydroxylation is 1. The summed E-state index contributed by atoms with van der Waals surface area (Å²) in [6.45, 7) is 2.67. The monoisotopic (exact) mass is 456 g/mol. The lowest BCUT2D eigenvalue weighted by Crippen LogP contribution is -2.28. The van der Waals surface area contributed by atoms with Crippen LogP contribution in [0.4, 0.5) is 10.8 Å². The zero-order valence-electron chi connectivity index (χ0n) is 16.9. The fraction of sp³-hybridized carbons (Fsp3) is 0.273. The SMILES string of the molecule is CCc1ccc(N2CC(C(=O)Nc3nnc(COc4ccc(Cl)cc4)s3)CC2=O)cc1. The van der Waals surface area contributed by atoms with Gasteiger partial charge in [0.15, 0.2) is 5.01 Å². The Labute approximate surface area is 189 Å². The van der Waals surface area contributed by atoms with Gasteiger partial charge in [0, 0.05) is 23.7 Å². The van der Waals surface area contributed by atoms with E-state index in [9.17, 15) is 9.59 Å². The third kappa shape index (κ3) is 5.21. The van der Waals surface area contributed by atoms with Crippen molar-refractivity contribution in [3.05, 3.63) is 64.1 Å². The highest BCUT2D eigenvalue weighted by Gasteiger charge is 2.35. The first-order valence-corrected chi connectivity index (χ1v) is 11.1. The Morgan fingerprint density at radius 3 is 2.65 bits per heavy atom. The molecule has 4 rings (SSSR count). The highest BCUT2D eigenvalue weighted by molar-refractivity contribution is 7.15. The summed E-state index contributed by atoms with van der Waals surface area (Å²) in [7, 11) is 0. The third-order valence-corrected chi connectivity index (χ3v) is 6.09. The molecule has 0 saturated carbocycles. The molecule has 0 radical (unpaired) electrons. The lowest BCUT2D eigenvalue weighted by molar-refractivity contribution is -0.122. The fourth-order valence-corrected chi connectivity index (χ4v) is 4.07. The minimum absolute atomic E-state index is 0.0567. The number of rotatable bonds is 7. The van der Waals surface area contributed by atoms with Gasteiger partial charge in [0.1, 0.15) is 12.4 Å². The average molecular weight is 457 g/mol. The molecular weight excluding hydrogens is 436 g/mol. The molecule has 0 bridgehead atoms. The molecule has 1 atom stereocenters. The molecule has 1 fully saturated rings. The van der Waals surface area contributed by atoms with E-state index in [4.69, 9.17) is 16.3 Å². The molecule has 31 heavy (non-hydrogen) atoms. The summed E-state index contributed by atoms with van der Waals surface area (Å²) in [5.41, 5.74) is 2.02. The summed E-state index contributed by atoms with van der Waals surface area (Å²) in [5.74, 6) is -0.0567. The Morgan fingerprint density at radius 1 is 1.19 bits per heavy atom. The number of carbonyl (C=O) groups excluding carboxylic acids is 2. The maximum absolute atomic E-state index is 12.7. The Morgan fingerprint density at radius 2 is 1.94 bits per heavy atom. The Balaban J connectivity index is 1.32. The number of hydrogen-bond donors (Lipinski definition) is 1. The second-order valence-corrected chi connectivity index (χ2v) is 8.66. The number of aromatic nitrogens is 2. The lowest BCUT2D eigenvalue weighted by Gasteiger charge is -2.17. The van der Waals surface area contributed by atoms with Gasteiger partial charge >= 0.3 is 0 Å². The first kappa shape index (κ1) is 21.3. The molecular formula is C22H21ClN4O3S. The lowest BCUT2D eigenvalue weighted by atomic mass is 10.1. The van der Waals surface area contributed by atoms with E-state index in [2.05, 4.69) is 22.4 Å². The van der Waals surface area contributed by atoms with Gasteiger partial charge in [-0.25, -0.2) is 0 Å². The van der Waals surface area contributed by atoms with Crippen molar-refractivity contribution in [3.63, 3.8) is 0 Å². The molecule has 2 aromatic carbocycles. The van der Waals surface area contributed by atoms with Gasteiger partial charge in [-0.2, -0.15) is 0 Å². The van der Waals surface area contributed by atoms with Crippen molar-refractivity contribution in [2.75, 3.05) is 16.8 Å². The Kier molecular flexibility index (Phi) is 6.48. The summed E-state index contributed by atoms with van der Waals surface area (Å²) >= 11 is 7.10. The van der Waals surface area contributed by atoms with E-state index < -0.39 is 5.92 Å². The number of halogens is 1. The molecule has 9 heteroatoms. The zero-order chi connectivity index (χ0) is 21.8. The van der Waals surface area contributed by atoms with E-state index in [1.165, 1.54) is 16.9 Å². The number of anilines is 2. The van der Waals surface area contributed by atoms with Crippen LogP contribution < -0.4 is 15.0 Å². The summed E-state index contributed by atoms with van der Waals surface area (Å²) in [5, 5.41) is 12.5. The predicted molar refractivity (Wildman–Crippen MR) is 121 cm³/mol. The first-order valence-electron chi connectivity index (χ1n) is 9.92. The van der Waals surface area contributed by atoms with E-state index in [-0.39, 0.29) is 24.8 Å². The highest BCUT2D eigenvalue weighted by Crippen LogP contribution is 2.27. The van der Waals surface area contributed by atoms with Crippen LogP contribution in [-0.2, 0) is 22.6 Å². The summed E-state index contributed by atoms with van der Waals surface area (Å²) in [6, 6.07) is 14.9. The molecule has 7 nitrogen and oxygen atoms in total. The average Bonchev–Trinajstić information content (AvgIpc) is 3.40. The van der Waals surface area contributed by atoms with Crippen LogP contribution in [0.1, 0.15) is 23.9 Å². The summed E-state index contributed by atoms with van der Waals surface area (Å²) in [4.78, 5) is 26.8. The standard InChI is InChI=1S/C22H21ClN4O3S/c1-2-14-3-7-17(8-4-14)27-12-15(11-20(27)28)21(29)24-22-26-25-19(31-22)13-30-18-9-5-16(23)6-10-18/h3-10,15H,2,11-13H2,1H3,(H,24,26,29). The van der Waals surface area contributed by atoms with Crippen LogP contribution in [0.3, 0.4) is 0 Å². The molecule has 3 aromatic rings. The summed E-state index contributed by atoms with van der Waals surface area (Å²) in [6.07, 6.45) is 1.11. The van der Waals surface area contributed by atoms with Crippen molar-refractivity contribution in [2.24, 2.45) is 5.92 Å². The molecule has 160 valence electrons. The predicted octanol–water partition coefficient (Wildman–Crippen LogP) is 4.32. The molecule has 2 heterocycles. The number of hydrogen-bond acceptors (Lipinski definition) is 6. The first-order chi connectivity index (χ1) is 15.0. The van der Waals surface area contributed by atoms with Crippen molar-refractivity contribution in [3.8, 4) is 5.75 Å². The Hall–Kier alpha value is -2.97. The van der Waals surface area contributed by atoms with E-state index in [0.29, 0.717) is 27.5 Å². The van der Waals surface area contributed by atoms with Gasteiger partial charge in [0.2, 0.25) is 16.9 Å². The highest BCUT2D eigenvalue weighted by atomic mass is 35.5. The van der Waals surface area contributed by atoms with Crippen LogP contribution in [0, 0.1) is 5.92 Å². The number of carbonyl (C=O) groups is 2. The van der Waals surface area contributed by atoms with Crippen LogP contribution in [0.2, 0.25) is 5.02 Å². The second-order valence-electron chi connectivity index (χ2n) is 7.16. The maximum atomic E-state index is 12.7. The minimum atomic E-state index is -0.434. The number of amides is 2. The minimum Gasteiger partial charge on any atom is -0.486 e. The fourth-order valence-electron chi connectivity index (χ4n) is 3.29. The van der Waals surface area contributed by atoms with Crippen LogP contribution in [0.25, 0.3) is 0 Å². The van der Waals surface area contributed by atoms with Crippen molar-refractivity contribution >= 4 is 45.6 Å². The quantitative estimate of drug-likeness (QED) is 0.572. The maximum Gasteiger partial charge on any atom is 0.231 e. The van der Waals surface area contributed by atoms with Crippen LogP contribution in [-0.4, -0.2) is 28.6 Å². The smallest absolute Gasteiger partial charge is 0.231 e. The molecule has 2 amide bonds. The molecule has 1 aliphatic rings. The largest absolute Gasteiger partial charge is 0.486 e. The molecule has 0 aliphatic carbocycles. The number of ether oxygens (including phenoxy) is 1. The third-order valence-electron chi connectivity index (χ3n) is 5.03. The van der Waals surface area contributed by atoms with Gasteiger partial charge < -0.3 is 15.0 Å². The normalized spacial score (nSPS) is 15.9. The van der Waals surface area contributed by atoms with Gasteiger partial charge in [0.25, 0.3) is 0 Å². The molecule has 1 aromatic heterocycles. The molecule has 1 aliphatic heterocycles. The van der Waals surface area contributed by atoms with Gasteiger partial charge in [0.05, 0.1) is 5.92 Å². The van der Waals surface area contributed by atoms with Crippen molar-refractivity contribution in [2.45, 2.75) is 26.4 Å². The number of nitrogens with one attached hydrogen (secondary N) is 1. The molecule has 1 N–H and O–H groups in total. The zero-order valence-corrected chi connectivity index (χ0v) is 18.4. The van der Waals surface area contributed by atoms with Gasteiger partial charge in [-0.3, -0.25) is 9.59 Å². The number of nitrogens with zero attached hydrogens (tertiary/aromatic N) is 3. The van der Waals surface area contributed by atoms with Gasteiger partial charge in [-0.15, -0.1) is 10.2 Å². The van der Waals surface area contributed by atoms with Gasteiger partial charge in [-0.1, -0.05) is 42.0 Å². The van der Waals surface area contributed by atoms with Crippen LogP contribution >= 0.6 is 22.9 Å². The molecule has 1 saturated heterocycles. The Bertz CT molecular complexity index is 1070. The van der Waals surface area contributed by atoms with Crippen LogP contribution in [0.15, 0.2) is 48.5 Å². The van der Waals surface area contributed by atoms with E-state index in [1.54, 1.807) is 29.2 Å². The van der Waals surface area contributed by atoms with Crippen molar-refractivity contribution < 1.29 is 14.3 Å². The van der Waals surface area contributed by atoms with Gasteiger partial charge in [-0.05, 0) is 48.4 Å². The van der Waals surface area contributed by atoms with E-state index in [1.807, 2.05) is 24.3 Å². The molecule has 0 spiro atoms. The van der Waals surface area contributed by atoms with Crippen molar-refractivity contribution in [1.82, 2.24) is 10.2 Å². The van der Waals surface area contributed by atoms with Crippen LogP contribution in [0.5, 0.6) is 5.75 Å². The van der Waals surface area contributed by atoms with Crippen molar-refractivity contribution in [1.29, 1.82) is 0 Å². The summed E-state index contributed by atoms with van der Waals surface area (Å²) < 4.78 is 5.64.